The molecule has 0 saturated carbocycles. The number of ether oxygens (including phenoxy) is 6. The third-order valence-electron chi connectivity index (χ3n) is 8.03. The number of anilines is 2. The average molecular weight is 770 g/mol. The van der Waals surface area contributed by atoms with E-state index in [1.54, 1.807) is 4.90 Å². The molecule has 14 heteroatoms. The Kier molecular flexibility index (Phi) is 18.9. The topological polar surface area (TPSA) is 171 Å². The van der Waals surface area contributed by atoms with Crippen molar-refractivity contribution < 1.29 is 52.7 Å². The van der Waals surface area contributed by atoms with Gasteiger partial charge in [-0.15, -0.1) is 6.42 Å². The summed E-state index contributed by atoms with van der Waals surface area (Å²) >= 11 is 0. The molecule has 0 unspecified atom stereocenters. The predicted molar refractivity (Wildman–Crippen MR) is 207 cm³/mol. The molecule has 3 aromatic rings. The van der Waals surface area contributed by atoms with Crippen LogP contribution in [0.15, 0.2) is 66.7 Å². The maximum atomic E-state index is 13.3. The minimum Gasteiger partial charge on any atom is -0.481 e. The molecule has 0 bridgehead atoms. The van der Waals surface area contributed by atoms with Crippen molar-refractivity contribution >= 4 is 35.1 Å². The fraction of sp³-hybridized carbons (Fsp3) is 0.381. The predicted octanol–water partition coefficient (Wildman–Crippen LogP) is 3.65. The highest BCUT2D eigenvalue weighted by Crippen LogP contribution is 2.26. The van der Waals surface area contributed by atoms with Crippen LogP contribution in [0.2, 0.25) is 0 Å². The van der Waals surface area contributed by atoms with Crippen LogP contribution < -0.4 is 20.3 Å². The van der Waals surface area contributed by atoms with E-state index in [1.807, 2.05) is 48.5 Å². The smallest absolute Gasteiger partial charge is 0.335 e. The Morgan fingerprint density at radius 2 is 1.32 bits per heavy atom. The monoisotopic (exact) mass is 769 g/mol. The number of aromatic carboxylic acids is 1. The van der Waals surface area contributed by atoms with Gasteiger partial charge >= 0.3 is 5.97 Å². The van der Waals surface area contributed by atoms with Gasteiger partial charge < -0.3 is 49.1 Å². The molecule has 0 aromatic heterocycles. The Bertz CT molecular complexity index is 1860. The summed E-state index contributed by atoms with van der Waals surface area (Å²) in [4.78, 5) is 51.0. The number of para-hydroxylation sites is 1. The fourth-order valence-electron chi connectivity index (χ4n) is 5.29. The Hall–Kier alpha value is -5.74. The maximum Gasteiger partial charge on any atom is 0.335 e. The van der Waals surface area contributed by atoms with E-state index >= 15 is 0 Å². The van der Waals surface area contributed by atoms with Crippen molar-refractivity contribution in [3.8, 4) is 29.9 Å². The van der Waals surface area contributed by atoms with E-state index in [-0.39, 0.29) is 67.2 Å². The third-order valence-corrected chi connectivity index (χ3v) is 8.03. The summed E-state index contributed by atoms with van der Waals surface area (Å²) < 4.78 is 32.7. The lowest BCUT2D eigenvalue weighted by atomic mass is 10.0. The molecule has 3 aromatic carbocycles. The van der Waals surface area contributed by atoms with Crippen LogP contribution >= 0.6 is 0 Å². The van der Waals surface area contributed by atoms with Crippen molar-refractivity contribution in [1.29, 1.82) is 0 Å². The molecule has 0 fully saturated rings. The molecule has 0 spiro atoms. The number of carbonyl (C=O) groups excluding carboxylic acids is 3. The van der Waals surface area contributed by atoms with Gasteiger partial charge in [0.05, 0.1) is 90.3 Å². The van der Waals surface area contributed by atoms with Crippen molar-refractivity contribution in [1.82, 2.24) is 5.32 Å². The Labute approximate surface area is 326 Å². The molecule has 3 amide bonds. The molecule has 0 aliphatic carbocycles. The number of amides is 3. The molecule has 56 heavy (non-hydrogen) atoms. The second-order valence-electron chi connectivity index (χ2n) is 12.2. The molecular weight excluding hydrogens is 722 g/mol. The average Bonchev–Trinajstić information content (AvgIpc) is 3.19. The SMILES string of the molecule is C#CCOc1cc(NC(=O)CCOCCOCCOCCOCCOCCNC(=O)CCC(=O)N2Cc3ccccc3C#Cc3ccccc32)cc(C(=O)O)c1. The zero-order valence-corrected chi connectivity index (χ0v) is 31.2. The van der Waals surface area contributed by atoms with Crippen LogP contribution in [0.3, 0.4) is 0 Å². The van der Waals surface area contributed by atoms with Gasteiger partial charge in [-0.25, -0.2) is 4.79 Å². The zero-order chi connectivity index (χ0) is 39.8. The van der Waals surface area contributed by atoms with Crippen LogP contribution in [0.25, 0.3) is 0 Å². The van der Waals surface area contributed by atoms with E-state index in [2.05, 4.69) is 28.4 Å². The molecule has 4 rings (SSSR count). The van der Waals surface area contributed by atoms with Gasteiger partial charge in [0.2, 0.25) is 17.7 Å². The number of terminal acetylenes is 1. The number of carboxylic acids is 1. The highest BCUT2D eigenvalue weighted by atomic mass is 16.6. The lowest BCUT2D eigenvalue weighted by molar-refractivity contribution is -0.125. The lowest BCUT2D eigenvalue weighted by Crippen LogP contribution is -2.34. The lowest BCUT2D eigenvalue weighted by Gasteiger charge is -2.26. The maximum absolute atomic E-state index is 13.3. The molecule has 0 radical (unpaired) electrons. The van der Waals surface area contributed by atoms with Crippen LogP contribution in [-0.4, -0.2) is 108 Å². The van der Waals surface area contributed by atoms with Gasteiger partial charge in [-0.05, 0) is 35.9 Å². The molecule has 14 nitrogen and oxygen atoms in total. The van der Waals surface area contributed by atoms with E-state index in [9.17, 15) is 24.3 Å². The number of nitrogens with one attached hydrogen (secondary N) is 2. The van der Waals surface area contributed by atoms with Crippen molar-refractivity contribution in [2.45, 2.75) is 25.8 Å². The summed E-state index contributed by atoms with van der Waals surface area (Å²) in [5.74, 6) is 7.04. The van der Waals surface area contributed by atoms with E-state index in [0.717, 1.165) is 22.4 Å². The van der Waals surface area contributed by atoms with Gasteiger partial charge in [-0.1, -0.05) is 48.1 Å². The largest absolute Gasteiger partial charge is 0.481 e. The Morgan fingerprint density at radius 1 is 0.714 bits per heavy atom. The first kappa shape index (κ1) is 43.0. The van der Waals surface area contributed by atoms with Gasteiger partial charge in [0.15, 0.2) is 0 Å². The van der Waals surface area contributed by atoms with Gasteiger partial charge in [0.25, 0.3) is 0 Å². The molecule has 1 aliphatic rings. The standard InChI is InChI=1S/C42H47N3O11/c1-2-17-56-37-29-35(42(49)50)28-36(30-37)44-40(47)15-18-51-20-22-53-24-26-55-27-25-54-23-21-52-19-16-43-39(46)13-14-41(48)45-31-34-9-4-3-7-32(34)11-12-33-8-5-6-10-38(33)45/h1,3-10,28-30H,13-27,31H2,(H,43,46)(H,44,47)(H,49,50). The minimum atomic E-state index is -1.16. The van der Waals surface area contributed by atoms with Gasteiger partial charge in [0.1, 0.15) is 12.4 Å². The van der Waals surface area contributed by atoms with Crippen molar-refractivity contribution in [3.63, 3.8) is 0 Å². The summed E-state index contributed by atoms with van der Waals surface area (Å²) in [6.07, 6.45) is 5.38. The summed E-state index contributed by atoms with van der Waals surface area (Å²) in [5, 5.41) is 14.7. The number of hydrogen-bond donors (Lipinski definition) is 3. The number of nitrogens with zero attached hydrogens (tertiary/aromatic N) is 1. The molecule has 3 N–H and O–H groups in total. The molecule has 0 saturated heterocycles. The minimum absolute atomic E-state index is 0.0334. The second kappa shape index (κ2) is 24.6. The van der Waals surface area contributed by atoms with Crippen LogP contribution in [-0.2, 0) is 44.6 Å². The van der Waals surface area contributed by atoms with Gasteiger partial charge in [0, 0.05) is 42.3 Å². The van der Waals surface area contributed by atoms with Crippen LogP contribution in [0.4, 0.5) is 11.4 Å². The number of carbonyl (C=O) groups is 4. The Morgan fingerprint density at radius 3 is 2.00 bits per heavy atom. The van der Waals surface area contributed by atoms with E-state index in [1.165, 1.54) is 18.2 Å². The Balaban J connectivity index is 0.935. The van der Waals surface area contributed by atoms with Crippen LogP contribution in [0, 0.1) is 24.2 Å². The van der Waals surface area contributed by atoms with E-state index in [4.69, 9.17) is 34.8 Å². The van der Waals surface area contributed by atoms with Gasteiger partial charge in [-0.2, -0.15) is 0 Å². The fourth-order valence-corrected chi connectivity index (χ4v) is 5.29. The first-order chi connectivity index (χ1) is 27.3. The van der Waals surface area contributed by atoms with Crippen LogP contribution in [0.1, 0.15) is 46.3 Å². The number of rotatable bonds is 25. The van der Waals surface area contributed by atoms with Crippen molar-refractivity contribution in [3.05, 3.63) is 89.0 Å². The first-order valence-corrected chi connectivity index (χ1v) is 18.2. The highest BCUT2D eigenvalue weighted by molar-refractivity contribution is 5.97. The van der Waals surface area contributed by atoms with Gasteiger partial charge in [-0.3, -0.25) is 14.4 Å². The van der Waals surface area contributed by atoms with Crippen LogP contribution in [0.5, 0.6) is 5.75 Å². The number of benzene rings is 3. The molecule has 296 valence electrons. The highest BCUT2D eigenvalue weighted by Gasteiger charge is 2.21. The summed E-state index contributed by atoms with van der Waals surface area (Å²) in [5.41, 5.74) is 3.59. The normalized spacial score (nSPS) is 11.4. The summed E-state index contributed by atoms with van der Waals surface area (Å²) in [6, 6.07) is 19.4. The quantitative estimate of drug-likeness (QED) is 0.0849. The van der Waals surface area contributed by atoms with Crippen molar-refractivity contribution in [2.24, 2.45) is 0 Å². The third kappa shape index (κ3) is 15.5. The number of carboxylic acid groups (broad SMARTS) is 1. The van der Waals surface area contributed by atoms with E-state index < -0.39 is 5.97 Å². The summed E-state index contributed by atoms with van der Waals surface area (Å²) in [7, 11) is 0. The summed E-state index contributed by atoms with van der Waals surface area (Å²) in [6.45, 7) is 4.02. The first-order valence-electron chi connectivity index (χ1n) is 18.2. The molecule has 1 heterocycles. The number of fused-ring (bicyclic) bond motifs is 2. The zero-order valence-electron chi connectivity index (χ0n) is 31.2. The second-order valence-corrected chi connectivity index (χ2v) is 12.2. The van der Waals surface area contributed by atoms with E-state index in [0.29, 0.717) is 72.6 Å². The van der Waals surface area contributed by atoms with Crippen molar-refractivity contribution in [2.75, 3.05) is 89.4 Å². The number of hydrogen-bond acceptors (Lipinski definition) is 10. The molecule has 1 aliphatic heterocycles. The molecule has 0 atom stereocenters. The molecular formula is C42H47N3O11.